The number of aromatic nitrogens is 5. The lowest BCUT2D eigenvalue weighted by atomic mass is 10.2. The van der Waals surface area contributed by atoms with Crippen LogP contribution in [0.3, 0.4) is 0 Å². The fourth-order valence-electron chi connectivity index (χ4n) is 2.64. The van der Waals surface area contributed by atoms with Crippen LogP contribution in [0.4, 0.5) is 11.8 Å². The molecule has 3 N–H and O–H groups in total. The van der Waals surface area contributed by atoms with Gasteiger partial charge in [0.2, 0.25) is 5.95 Å². The Morgan fingerprint density at radius 1 is 1.08 bits per heavy atom. The highest BCUT2D eigenvalue weighted by atomic mass is 15.3. The molecule has 8 nitrogen and oxygen atoms in total. The minimum atomic E-state index is 0.0588. The molecule has 0 fully saturated rings. The third kappa shape index (κ3) is 2.89. The van der Waals surface area contributed by atoms with Crippen molar-refractivity contribution < 1.29 is 0 Å². The number of benzene rings is 1. The summed E-state index contributed by atoms with van der Waals surface area (Å²) in [7, 11) is 0. The van der Waals surface area contributed by atoms with Gasteiger partial charge in [0.05, 0.1) is 17.8 Å². The van der Waals surface area contributed by atoms with Gasteiger partial charge in [-0.3, -0.25) is 4.98 Å². The number of fused-ring (bicyclic) bond motifs is 1. The summed E-state index contributed by atoms with van der Waals surface area (Å²) >= 11 is 0. The summed E-state index contributed by atoms with van der Waals surface area (Å²) in [6, 6.07) is 15.7. The lowest BCUT2D eigenvalue weighted by molar-refractivity contribution is 0.838. The highest BCUT2D eigenvalue weighted by molar-refractivity contribution is 5.78. The second-order valence-corrected chi connectivity index (χ2v) is 5.54. The van der Waals surface area contributed by atoms with Crippen LogP contribution in [0.15, 0.2) is 54.9 Å². The predicted octanol–water partition coefficient (Wildman–Crippen LogP) is 2.28. The first-order valence-corrected chi connectivity index (χ1v) is 7.91. The molecule has 0 aliphatic heterocycles. The Morgan fingerprint density at radius 2 is 1.96 bits per heavy atom. The van der Waals surface area contributed by atoms with E-state index in [0.717, 1.165) is 16.6 Å². The van der Waals surface area contributed by atoms with Gasteiger partial charge in [-0.1, -0.05) is 24.3 Å². The molecule has 3 heterocycles. The summed E-state index contributed by atoms with van der Waals surface area (Å²) in [5, 5.41) is 17.9. The average molecular weight is 342 g/mol. The van der Waals surface area contributed by atoms with Crippen molar-refractivity contribution >= 4 is 22.7 Å². The van der Waals surface area contributed by atoms with Crippen molar-refractivity contribution in [1.29, 1.82) is 5.26 Å². The standard InChI is InChI=1S/C18H14N8/c19-10-14-16(24-18(20)25-17(14)26-9-3-8-22-26)21-11-13-7-6-12-4-1-2-5-15(12)23-13/h1-9H,11H2,(H3,20,21,24,25). The number of pyridine rings is 1. The van der Waals surface area contributed by atoms with Gasteiger partial charge in [-0.25, -0.2) is 4.68 Å². The highest BCUT2D eigenvalue weighted by Gasteiger charge is 2.15. The molecule has 4 rings (SSSR count). The fraction of sp³-hybridized carbons (Fsp3) is 0.0556. The Hall–Kier alpha value is -3.99. The number of nitrogens with one attached hydrogen (secondary N) is 1. The largest absolute Gasteiger partial charge is 0.368 e. The van der Waals surface area contributed by atoms with Crippen LogP contribution in [0.1, 0.15) is 11.3 Å². The van der Waals surface area contributed by atoms with E-state index in [0.29, 0.717) is 18.2 Å². The zero-order chi connectivity index (χ0) is 17.9. The van der Waals surface area contributed by atoms with E-state index >= 15 is 0 Å². The van der Waals surface area contributed by atoms with Gasteiger partial charge in [-0.15, -0.1) is 0 Å². The van der Waals surface area contributed by atoms with E-state index in [4.69, 9.17) is 5.73 Å². The topological polar surface area (TPSA) is 118 Å². The van der Waals surface area contributed by atoms with E-state index in [-0.39, 0.29) is 11.5 Å². The van der Waals surface area contributed by atoms with E-state index in [9.17, 15) is 5.26 Å². The predicted molar refractivity (Wildman–Crippen MR) is 97.4 cm³/mol. The van der Waals surface area contributed by atoms with E-state index in [1.165, 1.54) is 4.68 Å². The third-order valence-corrected chi connectivity index (χ3v) is 3.83. The number of anilines is 2. The van der Waals surface area contributed by atoms with Gasteiger partial charge in [0.15, 0.2) is 11.6 Å². The van der Waals surface area contributed by atoms with E-state index < -0.39 is 0 Å². The lowest BCUT2D eigenvalue weighted by Gasteiger charge is -2.11. The smallest absolute Gasteiger partial charge is 0.224 e. The second kappa shape index (κ2) is 6.49. The van der Waals surface area contributed by atoms with Crippen molar-refractivity contribution in [2.45, 2.75) is 6.54 Å². The molecule has 0 unspecified atom stereocenters. The van der Waals surface area contributed by atoms with E-state index in [1.807, 2.05) is 36.4 Å². The molecule has 0 spiro atoms. The minimum absolute atomic E-state index is 0.0588. The Labute approximate surface area is 149 Å². The molecule has 0 atom stereocenters. The van der Waals surface area contributed by atoms with Crippen LogP contribution in [0.5, 0.6) is 0 Å². The van der Waals surface area contributed by atoms with Crippen molar-refractivity contribution in [2.75, 3.05) is 11.1 Å². The van der Waals surface area contributed by atoms with Crippen LogP contribution in [-0.2, 0) is 6.54 Å². The van der Waals surface area contributed by atoms with Crippen molar-refractivity contribution in [1.82, 2.24) is 24.7 Å². The maximum Gasteiger partial charge on any atom is 0.224 e. The molecule has 0 aliphatic rings. The van der Waals surface area contributed by atoms with Gasteiger partial charge in [-0.2, -0.15) is 20.3 Å². The van der Waals surface area contributed by atoms with Gasteiger partial charge in [0.1, 0.15) is 11.6 Å². The van der Waals surface area contributed by atoms with Gasteiger partial charge in [0.25, 0.3) is 0 Å². The fourth-order valence-corrected chi connectivity index (χ4v) is 2.64. The summed E-state index contributed by atoms with van der Waals surface area (Å²) in [4.78, 5) is 12.9. The van der Waals surface area contributed by atoms with Crippen molar-refractivity contribution in [3.8, 4) is 11.9 Å². The van der Waals surface area contributed by atoms with Gasteiger partial charge < -0.3 is 11.1 Å². The third-order valence-electron chi connectivity index (χ3n) is 3.83. The zero-order valence-corrected chi connectivity index (χ0v) is 13.7. The maximum absolute atomic E-state index is 9.56. The molecule has 3 aromatic heterocycles. The summed E-state index contributed by atoms with van der Waals surface area (Å²) in [6.07, 6.45) is 3.29. The number of hydrogen-bond donors (Lipinski definition) is 2. The number of hydrogen-bond acceptors (Lipinski definition) is 7. The normalized spacial score (nSPS) is 10.6. The molecule has 0 saturated carbocycles. The van der Waals surface area contributed by atoms with E-state index in [1.54, 1.807) is 18.5 Å². The van der Waals surface area contributed by atoms with Crippen LogP contribution in [-0.4, -0.2) is 24.7 Å². The lowest BCUT2D eigenvalue weighted by Crippen LogP contribution is -2.12. The monoisotopic (exact) mass is 342 g/mol. The molecule has 26 heavy (non-hydrogen) atoms. The molecule has 0 saturated heterocycles. The first-order valence-electron chi connectivity index (χ1n) is 7.91. The first kappa shape index (κ1) is 15.5. The Bertz CT molecular complexity index is 1110. The summed E-state index contributed by atoms with van der Waals surface area (Å²) in [5.41, 5.74) is 7.80. The van der Waals surface area contributed by atoms with Crippen LogP contribution >= 0.6 is 0 Å². The second-order valence-electron chi connectivity index (χ2n) is 5.54. The number of nitrogens with two attached hydrogens (primary N) is 1. The molecule has 0 bridgehead atoms. The molecular formula is C18H14N8. The number of nitrogen functional groups attached to an aromatic ring is 1. The highest BCUT2D eigenvalue weighted by Crippen LogP contribution is 2.21. The molecule has 8 heteroatoms. The van der Waals surface area contributed by atoms with Gasteiger partial charge in [-0.05, 0) is 18.2 Å². The number of nitrogens with zero attached hydrogens (tertiary/aromatic N) is 6. The quantitative estimate of drug-likeness (QED) is 0.584. The van der Waals surface area contributed by atoms with Crippen molar-refractivity contribution in [3.05, 3.63) is 66.1 Å². The molecule has 1 aromatic carbocycles. The molecule has 0 amide bonds. The van der Waals surface area contributed by atoms with Gasteiger partial charge in [0, 0.05) is 17.8 Å². The molecule has 126 valence electrons. The number of nitriles is 1. The Kier molecular flexibility index (Phi) is 3.88. The molecule has 0 radical (unpaired) electrons. The Morgan fingerprint density at radius 3 is 2.77 bits per heavy atom. The number of rotatable bonds is 4. The van der Waals surface area contributed by atoms with Crippen LogP contribution in [0, 0.1) is 11.3 Å². The van der Waals surface area contributed by atoms with Crippen molar-refractivity contribution in [2.24, 2.45) is 0 Å². The molecule has 4 aromatic rings. The van der Waals surface area contributed by atoms with Crippen LogP contribution in [0.25, 0.3) is 16.7 Å². The first-order chi connectivity index (χ1) is 12.7. The van der Waals surface area contributed by atoms with Crippen molar-refractivity contribution in [3.63, 3.8) is 0 Å². The number of para-hydroxylation sites is 1. The SMILES string of the molecule is N#Cc1c(NCc2ccc3ccccc3n2)nc(N)nc1-n1cccn1. The minimum Gasteiger partial charge on any atom is -0.368 e. The molecular weight excluding hydrogens is 328 g/mol. The van der Waals surface area contributed by atoms with E-state index in [2.05, 4.69) is 31.4 Å². The molecule has 0 aliphatic carbocycles. The Balaban J connectivity index is 1.66. The van der Waals surface area contributed by atoms with Crippen LogP contribution in [0.2, 0.25) is 0 Å². The van der Waals surface area contributed by atoms with Gasteiger partial charge >= 0.3 is 0 Å². The average Bonchev–Trinajstić information content (AvgIpc) is 3.20. The summed E-state index contributed by atoms with van der Waals surface area (Å²) in [6.45, 7) is 0.397. The maximum atomic E-state index is 9.56. The van der Waals surface area contributed by atoms with Crippen LogP contribution < -0.4 is 11.1 Å². The summed E-state index contributed by atoms with van der Waals surface area (Å²) < 4.78 is 1.48. The zero-order valence-electron chi connectivity index (χ0n) is 13.7. The summed E-state index contributed by atoms with van der Waals surface area (Å²) in [5.74, 6) is 0.739.